The summed E-state index contributed by atoms with van der Waals surface area (Å²) in [5, 5.41) is 0. The molecule has 2 atom stereocenters. The van der Waals surface area contributed by atoms with E-state index in [1.807, 2.05) is 12.2 Å². The van der Waals surface area contributed by atoms with E-state index in [2.05, 4.69) is 0 Å². The minimum atomic E-state index is -3.96. The molecule has 0 unspecified atom stereocenters. The lowest BCUT2D eigenvalue weighted by Crippen LogP contribution is -2.35. The van der Waals surface area contributed by atoms with Crippen LogP contribution in [0.1, 0.15) is 29.6 Å². The number of benzene rings is 1. The molecule has 0 bridgehead atoms. The first-order valence-electron chi connectivity index (χ1n) is 9.64. The van der Waals surface area contributed by atoms with Crippen molar-refractivity contribution in [3.05, 3.63) is 42.0 Å². The molecule has 0 spiro atoms. The van der Waals surface area contributed by atoms with Crippen molar-refractivity contribution < 1.29 is 32.3 Å². The molecule has 3 aliphatic rings. The van der Waals surface area contributed by atoms with Crippen molar-refractivity contribution in [2.45, 2.75) is 24.2 Å². The number of fused-ring (bicyclic) bond motifs is 2. The zero-order chi connectivity index (χ0) is 21.5. The van der Waals surface area contributed by atoms with Crippen LogP contribution in [0.3, 0.4) is 0 Å². The van der Waals surface area contributed by atoms with E-state index in [1.165, 1.54) is 18.2 Å². The number of amides is 3. The van der Waals surface area contributed by atoms with E-state index in [0.29, 0.717) is 17.1 Å². The van der Waals surface area contributed by atoms with Crippen molar-refractivity contribution >= 4 is 33.7 Å². The summed E-state index contributed by atoms with van der Waals surface area (Å²) >= 11 is 0. The van der Waals surface area contributed by atoms with E-state index in [9.17, 15) is 27.6 Å². The van der Waals surface area contributed by atoms with E-state index < -0.39 is 21.9 Å². The SMILES string of the molecule is O=C(CCN1C(=O)[C@@H]2CC=CC[C@H]2C1=O)OCCN1C(=O)c2ccccc2S1(=O)=O. The Labute approximate surface area is 173 Å². The van der Waals surface area contributed by atoms with Gasteiger partial charge in [-0.1, -0.05) is 24.3 Å². The Morgan fingerprint density at radius 1 is 1.00 bits per heavy atom. The third-order valence-electron chi connectivity index (χ3n) is 5.61. The smallest absolute Gasteiger partial charge is 0.307 e. The average molecular weight is 432 g/mol. The molecular weight excluding hydrogens is 412 g/mol. The highest BCUT2D eigenvalue weighted by atomic mass is 32.2. The summed E-state index contributed by atoms with van der Waals surface area (Å²) in [5.41, 5.74) is 0.0887. The summed E-state index contributed by atoms with van der Waals surface area (Å²) in [5.74, 6) is -2.59. The second kappa shape index (κ2) is 7.67. The van der Waals surface area contributed by atoms with Crippen molar-refractivity contribution in [3.8, 4) is 0 Å². The number of esters is 1. The van der Waals surface area contributed by atoms with Crippen molar-refractivity contribution in [2.75, 3.05) is 19.7 Å². The fraction of sp³-hybridized carbons (Fsp3) is 0.400. The normalized spacial score (nSPS) is 24.2. The van der Waals surface area contributed by atoms with Crippen molar-refractivity contribution in [1.29, 1.82) is 0 Å². The fourth-order valence-electron chi connectivity index (χ4n) is 4.06. The summed E-state index contributed by atoms with van der Waals surface area (Å²) in [6.45, 7) is -0.691. The molecule has 3 amide bonds. The molecule has 9 nitrogen and oxygen atoms in total. The van der Waals surface area contributed by atoms with Gasteiger partial charge in [-0.25, -0.2) is 12.7 Å². The van der Waals surface area contributed by atoms with Crippen molar-refractivity contribution in [1.82, 2.24) is 9.21 Å². The molecule has 4 rings (SSSR count). The number of likely N-dealkylation sites (tertiary alicyclic amines) is 1. The van der Waals surface area contributed by atoms with Gasteiger partial charge in [0.15, 0.2) is 0 Å². The van der Waals surface area contributed by atoms with Crippen LogP contribution in [0.5, 0.6) is 0 Å². The molecule has 1 aliphatic carbocycles. The number of hydrogen-bond donors (Lipinski definition) is 0. The van der Waals surface area contributed by atoms with Gasteiger partial charge in [0.1, 0.15) is 11.5 Å². The van der Waals surface area contributed by atoms with Crippen LogP contribution < -0.4 is 0 Å². The third kappa shape index (κ3) is 3.30. The number of ether oxygens (including phenoxy) is 1. The van der Waals surface area contributed by atoms with Gasteiger partial charge in [0, 0.05) is 6.54 Å². The average Bonchev–Trinajstić information content (AvgIpc) is 3.10. The van der Waals surface area contributed by atoms with Crippen LogP contribution in [-0.2, 0) is 29.1 Å². The van der Waals surface area contributed by atoms with Crippen molar-refractivity contribution in [2.24, 2.45) is 11.8 Å². The van der Waals surface area contributed by atoms with Gasteiger partial charge in [-0.15, -0.1) is 0 Å². The van der Waals surface area contributed by atoms with E-state index in [-0.39, 0.29) is 60.2 Å². The quantitative estimate of drug-likeness (QED) is 0.369. The van der Waals surface area contributed by atoms with Gasteiger partial charge in [0.25, 0.3) is 15.9 Å². The number of carbonyl (C=O) groups is 4. The largest absolute Gasteiger partial charge is 0.464 e. The predicted octanol–water partition coefficient (Wildman–Crippen LogP) is 0.716. The first-order chi connectivity index (χ1) is 14.3. The van der Waals surface area contributed by atoms with E-state index >= 15 is 0 Å². The Morgan fingerprint density at radius 3 is 2.27 bits per heavy atom. The highest BCUT2D eigenvalue weighted by molar-refractivity contribution is 7.90. The molecule has 0 saturated carbocycles. The number of hydrogen-bond acceptors (Lipinski definition) is 7. The lowest BCUT2D eigenvalue weighted by Gasteiger charge is -2.16. The topological polar surface area (TPSA) is 118 Å². The van der Waals surface area contributed by atoms with E-state index in [1.54, 1.807) is 6.07 Å². The zero-order valence-electron chi connectivity index (χ0n) is 16.0. The van der Waals surface area contributed by atoms with Crippen LogP contribution in [0, 0.1) is 11.8 Å². The fourth-order valence-corrected chi connectivity index (χ4v) is 5.61. The molecule has 10 heteroatoms. The maximum absolute atomic E-state index is 12.4. The van der Waals surface area contributed by atoms with Gasteiger partial charge in [0.2, 0.25) is 11.8 Å². The maximum Gasteiger partial charge on any atom is 0.307 e. The van der Waals surface area contributed by atoms with Crippen LogP contribution in [-0.4, -0.2) is 61.0 Å². The van der Waals surface area contributed by atoms with Gasteiger partial charge >= 0.3 is 5.97 Å². The number of nitrogens with zero attached hydrogens (tertiary/aromatic N) is 2. The van der Waals surface area contributed by atoms with E-state index in [4.69, 9.17) is 4.74 Å². The monoisotopic (exact) mass is 432 g/mol. The first kappa shape index (κ1) is 20.3. The molecule has 1 aromatic carbocycles. The second-order valence-corrected chi connectivity index (χ2v) is 9.16. The van der Waals surface area contributed by atoms with Crippen LogP contribution in [0.4, 0.5) is 0 Å². The summed E-state index contributed by atoms with van der Waals surface area (Å²) in [6, 6.07) is 5.88. The Hall–Kier alpha value is -3.01. The molecule has 158 valence electrons. The molecule has 2 heterocycles. The Morgan fingerprint density at radius 2 is 1.63 bits per heavy atom. The molecular formula is C20H20N2O7S. The van der Waals surface area contributed by atoms with Gasteiger partial charge in [-0.3, -0.25) is 24.1 Å². The predicted molar refractivity (Wildman–Crippen MR) is 102 cm³/mol. The molecule has 30 heavy (non-hydrogen) atoms. The van der Waals surface area contributed by atoms with Gasteiger partial charge in [-0.2, -0.15) is 0 Å². The minimum absolute atomic E-state index is 0.0664. The van der Waals surface area contributed by atoms with Crippen LogP contribution in [0.25, 0.3) is 0 Å². The Balaban J connectivity index is 1.28. The van der Waals surface area contributed by atoms with E-state index in [0.717, 1.165) is 4.90 Å². The molecule has 0 radical (unpaired) electrons. The Kier molecular flexibility index (Phi) is 5.19. The van der Waals surface area contributed by atoms with Crippen LogP contribution in [0.15, 0.2) is 41.3 Å². The molecule has 0 N–H and O–H groups in total. The summed E-state index contributed by atoms with van der Waals surface area (Å²) in [4.78, 5) is 50.1. The molecule has 1 aromatic rings. The minimum Gasteiger partial charge on any atom is -0.464 e. The lowest BCUT2D eigenvalue weighted by atomic mass is 9.85. The molecule has 2 aliphatic heterocycles. The standard InChI is InChI=1S/C20H20N2O7S/c23-17(9-10-21-18(24)13-5-1-2-6-14(13)19(21)25)29-12-11-22-20(26)15-7-3-4-8-16(15)30(22,27)28/h1-4,7-8,13-14H,5-6,9-12H2/t13-,14-/m1/s1. The summed E-state index contributed by atoms with van der Waals surface area (Å²) < 4.78 is 30.6. The number of imide groups is 1. The summed E-state index contributed by atoms with van der Waals surface area (Å²) in [7, 11) is -3.96. The van der Waals surface area contributed by atoms with Crippen LogP contribution in [0.2, 0.25) is 0 Å². The number of rotatable bonds is 6. The molecule has 1 fully saturated rings. The van der Waals surface area contributed by atoms with Crippen LogP contribution >= 0.6 is 0 Å². The first-order valence-corrected chi connectivity index (χ1v) is 11.1. The lowest BCUT2D eigenvalue weighted by molar-refractivity contribution is -0.145. The highest BCUT2D eigenvalue weighted by Crippen LogP contribution is 2.35. The van der Waals surface area contributed by atoms with Crippen molar-refractivity contribution in [3.63, 3.8) is 0 Å². The van der Waals surface area contributed by atoms with Gasteiger partial charge in [-0.05, 0) is 25.0 Å². The summed E-state index contributed by atoms with van der Waals surface area (Å²) in [6.07, 6.45) is 4.63. The van der Waals surface area contributed by atoms with Gasteiger partial charge in [0.05, 0.1) is 30.4 Å². The third-order valence-corrected chi connectivity index (χ3v) is 7.45. The highest BCUT2D eigenvalue weighted by Gasteiger charge is 2.47. The second-order valence-electron chi connectivity index (χ2n) is 7.33. The molecule has 1 saturated heterocycles. The number of carbonyl (C=O) groups excluding carboxylic acids is 4. The molecule has 0 aromatic heterocycles. The van der Waals surface area contributed by atoms with Gasteiger partial charge < -0.3 is 4.74 Å². The zero-order valence-corrected chi connectivity index (χ0v) is 16.8. The number of sulfonamides is 1. The Bertz CT molecular complexity index is 1040. The maximum atomic E-state index is 12.4. The number of allylic oxidation sites excluding steroid dienone is 2.